The standard InChI is InChI=1S/C41H49N3O8/c1-21(2)12-13-23(16-22-10-8-7-9-11-22)17-25-14-15-30(52-25)27-20-29(43(3)4)26-18-24-19-28-34(44(5)6)37(47)33(40(42)50)39(49)41(28,51)38(48)31(24)36(46)32(26)35(27)45/h7-11,14-15,20-21,23-24,28,31,33-34,45,51H,12-13,16-19H2,1-6H3,(H2,42,50)/t23?,24-,28-,31?,33?,34-,41-/m0/s1. The van der Waals surface area contributed by atoms with Crippen LogP contribution in [-0.2, 0) is 38.4 Å². The number of likely N-dealkylation sites (N-methyl/N-ethyl adjacent to an activating group) is 1. The topological polar surface area (TPSA) is 171 Å². The van der Waals surface area contributed by atoms with Crippen molar-refractivity contribution in [3.63, 3.8) is 0 Å². The molecule has 52 heavy (non-hydrogen) atoms. The maximum Gasteiger partial charge on any atom is 0.235 e. The second kappa shape index (κ2) is 14.1. The Bertz CT molecular complexity index is 1910. The van der Waals surface area contributed by atoms with Gasteiger partial charge in [0.05, 0.1) is 23.1 Å². The molecule has 2 saturated carbocycles. The summed E-state index contributed by atoms with van der Waals surface area (Å²) in [5.74, 6) is -8.83. The second-order valence-corrected chi connectivity index (χ2v) is 15.8. The summed E-state index contributed by atoms with van der Waals surface area (Å²) < 4.78 is 6.37. The Hall–Kier alpha value is -4.61. The zero-order valence-electron chi connectivity index (χ0n) is 30.7. The molecule has 4 N–H and O–H groups in total. The van der Waals surface area contributed by atoms with Crippen LogP contribution in [0.3, 0.4) is 0 Å². The van der Waals surface area contributed by atoms with Gasteiger partial charge in [0, 0.05) is 32.1 Å². The average molecular weight is 712 g/mol. The lowest BCUT2D eigenvalue weighted by Crippen LogP contribution is -2.74. The maximum absolute atomic E-state index is 14.5. The number of fused-ring (bicyclic) bond motifs is 3. The lowest BCUT2D eigenvalue weighted by atomic mass is 9.52. The average Bonchev–Trinajstić information content (AvgIpc) is 3.53. The van der Waals surface area contributed by atoms with Crippen molar-refractivity contribution in [2.45, 2.75) is 64.0 Å². The minimum absolute atomic E-state index is 0.0121. The van der Waals surface area contributed by atoms with Crippen molar-refractivity contribution < 1.29 is 38.6 Å². The van der Waals surface area contributed by atoms with Crippen LogP contribution in [0.2, 0.25) is 0 Å². The van der Waals surface area contributed by atoms with E-state index < -0.39 is 64.4 Å². The number of aliphatic hydroxyl groups is 1. The fourth-order valence-corrected chi connectivity index (χ4v) is 8.95. The molecule has 11 nitrogen and oxygen atoms in total. The molecule has 6 rings (SSSR count). The molecule has 3 aliphatic carbocycles. The third-order valence-electron chi connectivity index (χ3n) is 11.5. The van der Waals surface area contributed by atoms with Gasteiger partial charge in [-0.25, -0.2) is 0 Å². The van der Waals surface area contributed by atoms with Crippen LogP contribution in [0.25, 0.3) is 11.3 Å². The Morgan fingerprint density at radius 1 is 0.981 bits per heavy atom. The van der Waals surface area contributed by atoms with Gasteiger partial charge >= 0.3 is 0 Å². The van der Waals surface area contributed by atoms with Gasteiger partial charge in [-0.1, -0.05) is 50.6 Å². The van der Waals surface area contributed by atoms with E-state index >= 15 is 0 Å². The SMILES string of the molecule is CC(C)CCC(Cc1ccccc1)Cc1ccc(-c2cc(N(C)C)c3c(c2O)C(=O)C2C(=O)[C@]4(O)C(=O)C(C(N)=O)C(=O)[C@@H](N(C)C)[C@@H]4C[C@@H]2C3)o1. The van der Waals surface area contributed by atoms with E-state index in [2.05, 4.69) is 26.0 Å². The molecule has 0 radical (unpaired) electrons. The Morgan fingerprint density at radius 2 is 1.67 bits per heavy atom. The Morgan fingerprint density at radius 3 is 2.29 bits per heavy atom. The number of carbonyl (C=O) groups excluding carboxylic acids is 5. The van der Waals surface area contributed by atoms with Crippen molar-refractivity contribution in [2.75, 3.05) is 33.1 Å². The predicted octanol–water partition coefficient (Wildman–Crippen LogP) is 4.03. The Kier molecular flexibility index (Phi) is 10.1. The summed E-state index contributed by atoms with van der Waals surface area (Å²) >= 11 is 0. The first-order chi connectivity index (χ1) is 24.6. The molecule has 0 saturated heterocycles. The monoisotopic (exact) mass is 711 g/mol. The van der Waals surface area contributed by atoms with Gasteiger partial charge in [-0.05, 0) is 86.9 Å². The highest BCUT2D eigenvalue weighted by Gasteiger charge is 2.69. The molecular formula is C41H49N3O8. The summed E-state index contributed by atoms with van der Waals surface area (Å²) in [6.07, 6.45) is 3.82. The number of carbonyl (C=O) groups is 5. The highest BCUT2D eigenvalue weighted by atomic mass is 16.3. The van der Waals surface area contributed by atoms with E-state index in [1.54, 1.807) is 26.2 Å². The summed E-state index contributed by atoms with van der Waals surface area (Å²) in [6.45, 7) is 4.42. The summed E-state index contributed by atoms with van der Waals surface area (Å²) in [4.78, 5) is 71.5. The second-order valence-electron chi connectivity index (χ2n) is 15.8. The number of phenols is 1. The van der Waals surface area contributed by atoms with Crippen molar-refractivity contribution in [1.29, 1.82) is 0 Å². The van der Waals surface area contributed by atoms with Crippen LogP contribution in [-0.4, -0.2) is 84.0 Å². The number of aromatic hydroxyl groups is 1. The number of amides is 1. The zero-order chi connectivity index (χ0) is 37.8. The number of phenolic OH excluding ortho intramolecular Hbond substituents is 1. The summed E-state index contributed by atoms with van der Waals surface area (Å²) in [5, 5.41) is 23.8. The molecule has 3 aromatic rings. The van der Waals surface area contributed by atoms with Crippen LogP contribution < -0.4 is 10.6 Å². The van der Waals surface area contributed by atoms with Gasteiger partial charge in [-0.2, -0.15) is 0 Å². The van der Waals surface area contributed by atoms with Crippen molar-refractivity contribution in [3.05, 3.63) is 71.0 Å². The van der Waals surface area contributed by atoms with Crippen LogP contribution in [0.1, 0.15) is 60.4 Å². The van der Waals surface area contributed by atoms with Crippen LogP contribution in [0.5, 0.6) is 5.75 Å². The molecule has 1 amide bonds. The predicted molar refractivity (Wildman–Crippen MR) is 195 cm³/mol. The largest absolute Gasteiger partial charge is 0.506 e. The highest BCUT2D eigenvalue weighted by Crippen LogP contribution is 2.53. The minimum atomic E-state index is -2.78. The van der Waals surface area contributed by atoms with Crippen LogP contribution in [0.4, 0.5) is 5.69 Å². The van der Waals surface area contributed by atoms with Crippen molar-refractivity contribution in [1.82, 2.24) is 4.90 Å². The summed E-state index contributed by atoms with van der Waals surface area (Å²) in [5.41, 5.74) is 5.31. The van der Waals surface area contributed by atoms with E-state index in [1.807, 2.05) is 43.3 Å². The number of benzene rings is 2. The molecule has 0 spiro atoms. The maximum atomic E-state index is 14.5. The van der Waals surface area contributed by atoms with E-state index in [0.717, 1.165) is 25.0 Å². The van der Waals surface area contributed by atoms with Crippen LogP contribution >= 0.6 is 0 Å². The molecule has 276 valence electrons. The third-order valence-corrected chi connectivity index (χ3v) is 11.5. The van der Waals surface area contributed by atoms with Gasteiger partial charge in [0.1, 0.15) is 17.3 Å². The van der Waals surface area contributed by atoms with Gasteiger partial charge < -0.3 is 25.3 Å². The summed E-state index contributed by atoms with van der Waals surface area (Å²) in [6, 6.07) is 14.6. The smallest absolute Gasteiger partial charge is 0.235 e. The van der Waals surface area contributed by atoms with E-state index in [1.165, 1.54) is 10.5 Å². The van der Waals surface area contributed by atoms with Gasteiger partial charge in [0.25, 0.3) is 0 Å². The molecular weight excluding hydrogens is 662 g/mol. The fourth-order valence-electron chi connectivity index (χ4n) is 8.95. The number of nitrogens with two attached hydrogens (primary N) is 1. The molecule has 7 atom stereocenters. The number of anilines is 1. The minimum Gasteiger partial charge on any atom is -0.506 e. The molecule has 3 aliphatic rings. The molecule has 0 aliphatic heterocycles. The number of primary amides is 1. The van der Waals surface area contributed by atoms with E-state index in [4.69, 9.17) is 10.2 Å². The highest BCUT2D eigenvalue weighted by molar-refractivity contribution is 6.32. The number of nitrogens with zero attached hydrogens (tertiary/aromatic N) is 2. The number of hydrogen-bond donors (Lipinski definition) is 3. The molecule has 1 aromatic heterocycles. The van der Waals surface area contributed by atoms with E-state index in [9.17, 15) is 34.2 Å². The van der Waals surface area contributed by atoms with Gasteiger partial charge in [0.2, 0.25) is 5.91 Å². The van der Waals surface area contributed by atoms with E-state index in [-0.39, 0.29) is 29.7 Å². The van der Waals surface area contributed by atoms with Gasteiger partial charge in [0.15, 0.2) is 34.7 Å². The van der Waals surface area contributed by atoms with Crippen molar-refractivity contribution >= 4 is 34.7 Å². The first-order valence-electron chi connectivity index (χ1n) is 18.1. The number of hydrogen-bond acceptors (Lipinski definition) is 10. The molecule has 1 heterocycles. The molecule has 3 unspecified atom stereocenters. The van der Waals surface area contributed by atoms with Crippen molar-refractivity contribution in [3.8, 4) is 17.1 Å². The normalized spacial score (nSPS) is 26.3. The van der Waals surface area contributed by atoms with Crippen LogP contribution in [0.15, 0.2) is 52.9 Å². The van der Waals surface area contributed by atoms with Gasteiger partial charge in [-0.3, -0.25) is 28.9 Å². The zero-order valence-corrected chi connectivity index (χ0v) is 30.7. The number of ketones is 4. The molecule has 2 fully saturated rings. The first-order valence-corrected chi connectivity index (χ1v) is 18.1. The molecule has 0 bridgehead atoms. The molecule has 11 heteroatoms. The lowest BCUT2D eigenvalue weighted by molar-refractivity contribution is -0.181. The number of furan rings is 1. The fraction of sp³-hybridized carbons (Fsp3) is 0.488. The van der Waals surface area contributed by atoms with E-state index in [0.29, 0.717) is 35.3 Å². The Balaban J connectivity index is 1.37. The quantitative estimate of drug-likeness (QED) is 0.247. The summed E-state index contributed by atoms with van der Waals surface area (Å²) in [7, 11) is 6.76. The number of Topliss-reactive ketones (excluding diaryl/α,β-unsaturated/α-hetero) is 4. The third kappa shape index (κ3) is 6.27. The lowest BCUT2D eigenvalue weighted by Gasteiger charge is -2.52. The Labute approximate surface area is 304 Å². The van der Waals surface area contributed by atoms with Gasteiger partial charge in [-0.15, -0.1) is 0 Å². The molecule has 2 aromatic carbocycles. The first kappa shape index (κ1) is 37.2. The van der Waals surface area contributed by atoms with Crippen LogP contribution in [0, 0.1) is 35.5 Å². The number of rotatable bonds is 11. The van der Waals surface area contributed by atoms with Crippen molar-refractivity contribution in [2.24, 2.45) is 41.2 Å².